The van der Waals surface area contributed by atoms with Crippen LogP contribution in [0.15, 0.2) is 18.2 Å². The molecule has 1 aromatic rings. The van der Waals surface area contributed by atoms with Gasteiger partial charge in [-0.3, -0.25) is 4.79 Å². The van der Waals surface area contributed by atoms with Crippen LogP contribution in [0.3, 0.4) is 0 Å². The average molecular weight is 261 g/mol. The first-order valence-electron chi connectivity index (χ1n) is 7.07. The molecule has 104 valence electrons. The summed E-state index contributed by atoms with van der Waals surface area (Å²) in [5.41, 5.74) is 3.00. The van der Waals surface area contributed by atoms with Crippen LogP contribution in [0.1, 0.15) is 35.7 Å². The number of carbonyl (C=O) groups is 1. The second kappa shape index (κ2) is 6.57. The lowest BCUT2D eigenvalue weighted by molar-refractivity contribution is 0.0956. The van der Waals surface area contributed by atoms with Crippen LogP contribution in [0.5, 0.6) is 0 Å². The average Bonchev–Trinajstić information content (AvgIpc) is 2.42. The highest BCUT2D eigenvalue weighted by Gasteiger charge is 2.14. The van der Waals surface area contributed by atoms with Crippen molar-refractivity contribution in [2.45, 2.75) is 32.7 Å². The minimum Gasteiger partial charge on any atom is -0.382 e. The standard InChI is InChI=1S/C15H23N3O/c1-3-17-15(19)12-4-5-14(11(2)10-12)18-13-6-8-16-9-7-13/h4-5,10,13,16,18H,3,6-9H2,1-2H3,(H,17,19). The van der Waals surface area contributed by atoms with E-state index < -0.39 is 0 Å². The van der Waals surface area contributed by atoms with Gasteiger partial charge in [-0.25, -0.2) is 0 Å². The van der Waals surface area contributed by atoms with Crippen LogP contribution in [0, 0.1) is 6.92 Å². The number of benzene rings is 1. The molecule has 0 radical (unpaired) electrons. The Balaban J connectivity index is 2.04. The van der Waals surface area contributed by atoms with Gasteiger partial charge in [0.15, 0.2) is 0 Å². The summed E-state index contributed by atoms with van der Waals surface area (Å²) in [6.45, 7) is 6.79. The molecule has 4 nitrogen and oxygen atoms in total. The van der Waals surface area contributed by atoms with E-state index in [2.05, 4.69) is 16.0 Å². The van der Waals surface area contributed by atoms with Crippen molar-refractivity contribution in [3.63, 3.8) is 0 Å². The molecule has 0 saturated carbocycles. The SMILES string of the molecule is CCNC(=O)c1ccc(NC2CCNCC2)c(C)c1. The molecule has 1 saturated heterocycles. The topological polar surface area (TPSA) is 53.2 Å². The normalized spacial score (nSPS) is 16.1. The minimum absolute atomic E-state index is 0.000911. The van der Waals surface area contributed by atoms with E-state index in [0.29, 0.717) is 12.6 Å². The third kappa shape index (κ3) is 3.70. The van der Waals surface area contributed by atoms with Gasteiger partial charge >= 0.3 is 0 Å². The van der Waals surface area contributed by atoms with E-state index in [4.69, 9.17) is 0 Å². The number of aryl methyl sites for hydroxylation is 1. The Hall–Kier alpha value is -1.55. The fraction of sp³-hybridized carbons (Fsp3) is 0.533. The molecular formula is C15H23N3O. The number of carbonyl (C=O) groups excluding carboxylic acids is 1. The number of hydrogen-bond acceptors (Lipinski definition) is 3. The summed E-state index contributed by atoms with van der Waals surface area (Å²) in [6, 6.07) is 6.40. The molecule has 0 atom stereocenters. The number of rotatable bonds is 4. The minimum atomic E-state index is -0.000911. The van der Waals surface area contributed by atoms with Gasteiger partial charge in [-0.2, -0.15) is 0 Å². The quantitative estimate of drug-likeness (QED) is 0.776. The van der Waals surface area contributed by atoms with E-state index in [1.807, 2.05) is 32.0 Å². The Kier molecular flexibility index (Phi) is 4.80. The molecule has 3 N–H and O–H groups in total. The van der Waals surface area contributed by atoms with Crippen LogP contribution >= 0.6 is 0 Å². The van der Waals surface area contributed by atoms with Gasteiger partial charge in [0.05, 0.1) is 0 Å². The summed E-state index contributed by atoms with van der Waals surface area (Å²) in [4.78, 5) is 11.8. The molecular weight excluding hydrogens is 238 g/mol. The van der Waals surface area contributed by atoms with Crippen LogP contribution in [0.25, 0.3) is 0 Å². The molecule has 19 heavy (non-hydrogen) atoms. The molecule has 0 unspecified atom stereocenters. The zero-order valence-electron chi connectivity index (χ0n) is 11.8. The summed E-state index contributed by atoms with van der Waals surface area (Å²) in [5.74, 6) is -0.000911. The fourth-order valence-corrected chi connectivity index (χ4v) is 2.42. The van der Waals surface area contributed by atoms with E-state index in [1.54, 1.807) is 0 Å². The maximum Gasteiger partial charge on any atom is 0.251 e. The lowest BCUT2D eigenvalue weighted by Gasteiger charge is -2.25. The zero-order valence-corrected chi connectivity index (χ0v) is 11.8. The number of nitrogens with one attached hydrogen (secondary N) is 3. The molecule has 0 spiro atoms. The summed E-state index contributed by atoms with van der Waals surface area (Å²) in [7, 11) is 0. The van der Waals surface area contributed by atoms with E-state index >= 15 is 0 Å². The van der Waals surface area contributed by atoms with Crippen molar-refractivity contribution in [2.75, 3.05) is 25.0 Å². The van der Waals surface area contributed by atoms with E-state index in [1.165, 1.54) is 0 Å². The molecule has 2 rings (SSSR count). The maximum atomic E-state index is 11.8. The predicted molar refractivity (Wildman–Crippen MR) is 78.7 cm³/mol. The number of amides is 1. The van der Waals surface area contributed by atoms with Gasteiger partial charge in [-0.1, -0.05) is 0 Å². The molecule has 0 bridgehead atoms. The van der Waals surface area contributed by atoms with Crippen molar-refractivity contribution in [2.24, 2.45) is 0 Å². The Morgan fingerprint density at radius 3 is 2.74 bits per heavy atom. The highest BCUT2D eigenvalue weighted by Crippen LogP contribution is 2.19. The van der Waals surface area contributed by atoms with Crippen molar-refractivity contribution in [1.29, 1.82) is 0 Å². The Morgan fingerprint density at radius 1 is 1.37 bits per heavy atom. The second-order valence-corrected chi connectivity index (χ2v) is 5.06. The first-order valence-corrected chi connectivity index (χ1v) is 7.07. The highest BCUT2D eigenvalue weighted by molar-refractivity contribution is 5.94. The van der Waals surface area contributed by atoms with E-state index in [0.717, 1.165) is 42.7 Å². The van der Waals surface area contributed by atoms with Crippen LogP contribution < -0.4 is 16.0 Å². The number of anilines is 1. The van der Waals surface area contributed by atoms with Crippen molar-refractivity contribution >= 4 is 11.6 Å². The monoisotopic (exact) mass is 261 g/mol. The largest absolute Gasteiger partial charge is 0.382 e. The molecule has 1 heterocycles. The van der Waals surface area contributed by atoms with Crippen LogP contribution in [-0.2, 0) is 0 Å². The van der Waals surface area contributed by atoms with Gasteiger partial charge in [0, 0.05) is 23.8 Å². The highest BCUT2D eigenvalue weighted by atomic mass is 16.1. The van der Waals surface area contributed by atoms with E-state index in [9.17, 15) is 4.79 Å². The van der Waals surface area contributed by atoms with Gasteiger partial charge < -0.3 is 16.0 Å². The number of piperidine rings is 1. The Labute approximate surface area is 115 Å². The van der Waals surface area contributed by atoms with Crippen LogP contribution in [-0.4, -0.2) is 31.6 Å². The van der Waals surface area contributed by atoms with Gasteiger partial charge in [0.2, 0.25) is 0 Å². The smallest absolute Gasteiger partial charge is 0.251 e. The molecule has 1 fully saturated rings. The lowest BCUT2D eigenvalue weighted by atomic mass is 10.0. The van der Waals surface area contributed by atoms with Crippen LogP contribution in [0.4, 0.5) is 5.69 Å². The van der Waals surface area contributed by atoms with Crippen molar-refractivity contribution in [3.8, 4) is 0 Å². The summed E-state index contributed by atoms with van der Waals surface area (Å²) < 4.78 is 0. The third-order valence-electron chi connectivity index (χ3n) is 3.52. The molecule has 0 aliphatic carbocycles. The third-order valence-corrected chi connectivity index (χ3v) is 3.52. The van der Waals surface area contributed by atoms with Crippen molar-refractivity contribution in [1.82, 2.24) is 10.6 Å². The lowest BCUT2D eigenvalue weighted by Crippen LogP contribution is -2.35. The first kappa shape index (κ1) is 13.9. The van der Waals surface area contributed by atoms with Gasteiger partial charge in [0.25, 0.3) is 5.91 Å². The van der Waals surface area contributed by atoms with E-state index in [-0.39, 0.29) is 5.91 Å². The van der Waals surface area contributed by atoms with Gasteiger partial charge in [-0.15, -0.1) is 0 Å². The molecule has 4 heteroatoms. The molecule has 1 aromatic carbocycles. The second-order valence-electron chi connectivity index (χ2n) is 5.06. The fourth-order valence-electron chi connectivity index (χ4n) is 2.42. The number of hydrogen-bond donors (Lipinski definition) is 3. The molecule has 0 aromatic heterocycles. The van der Waals surface area contributed by atoms with Crippen molar-refractivity contribution in [3.05, 3.63) is 29.3 Å². The molecule has 1 aliphatic heterocycles. The summed E-state index contributed by atoms with van der Waals surface area (Å²) in [5, 5.41) is 9.76. The Morgan fingerprint density at radius 2 is 2.11 bits per heavy atom. The van der Waals surface area contributed by atoms with Gasteiger partial charge in [0.1, 0.15) is 0 Å². The molecule has 1 aliphatic rings. The van der Waals surface area contributed by atoms with Crippen LogP contribution in [0.2, 0.25) is 0 Å². The summed E-state index contributed by atoms with van der Waals surface area (Å²) >= 11 is 0. The summed E-state index contributed by atoms with van der Waals surface area (Å²) in [6.07, 6.45) is 2.30. The van der Waals surface area contributed by atoms with Crippen molar-refractivity contribution < 1.29 is 4.79 Å². The zero-order chi connectivity index (χ0) is 13.7. The molecule has 1 amide bonds. The maximum absolute atomic E-state index is 11.8. The first-order chi connectivity index (χ1) is 9.20. The predicted octanol–water partition coefficient (Wildman–Crippen LogP) is 1.91. The Bertz CT molecular complexity index is 439. The van der Waals surface area contributed by atoms with Gasteiger partial charge in [-0.05, 0) is 63.5 Å².